The topological polar surface area (TPSA) is 177 Å². The molecule has 8 rings (SSSR count). The maximum absolute atomic E-state index is 14.1. The third-order valence-corrected chi connectivity index (χ3v) is 13.5. The first-order valence-corrected chi connectivity index (χ1v) is 23.5. The minimum Gasteiger partial charge on any atom is -0.471 e. The number of fused-ring (bicyclic) bond motifs is 4. The lowest BCUT2D eigenvalue weighted by molar-refractivity contribution is -0.143. The number of carbonyl (C=O) groups excluding carboxylic acids is 3. The highest BCUT2D eigenvalue weighted by molar-refractivity contribution is 7.83. The molecule has 4 aromatic carbocycles. The molecule has 1 unspecified atom stereocenters. The van der Waals surface area contributed by atoms with Gasteiger partial charge in [0.05, 0.1) is 37.9 Å². The standard InChI is InChI=1S/C47H49ClN7O9P/c1-47(2,3)44(57)64-32-21-19-31(20-22-32)26-60-43-41-42(51-45(52-43)50-39(56)23-30-13-7-6-8-14-30)55(29-49-41)40-25-54(24-33(63-40)27-62-65(48,59)53(4)5)46(58)61-28-38-36-17-11-9-15-34(36)35-16-10-12-18-37(35)38/h6-22,29,33,38,40H,23-28H2,1-5H3,(H,50,51,52,56)/t33-,40+,65?/m0/s1. The monoisotopic (exact) mass is 921 g/mol. The Labute approximate surface area is 381 Å². The van der Waals surface area contributed by atoms with Crippen molar-refractivity contribution in [2.24, 2.45) is 5.41 Å². The van der Waals surface area contributed by atoms with Crippen molar-refractivity contribution in [3.05, 3.63) is 132 Å². The van der Waals surface area contributed by atoms with Gasteiger partial charge in [0.1, 0.15) is 25.1 Å². The van der Waals surface area contributed by atoms with Gasteiger partial charge in [-0.05, 0) is 91.6 Å². The molecule has 0 saturated carbocycles. The van der Waals surface area contributed by atoms with Crippen LogP contribution in [0, 0.1) is 5.41 Å². The number of ether oxygens (including phenoxy) is 4. The zero-order chi connectivity index (χ0) is 45.9. The van der Waals surface area contributed by atoms with Gasteiger partial charge in [-0.2, -0.15) is 9.97 Å². The number of esters is 1. The van der Waals surface area contributed by atoms with E-state index in [2.05, 4.69) is 27.4 Å². The molecule has 0 spiro atoms. The van der Waals surface area contributed by atoms with Crippen LogP contribution in [0.5, 0.6) is 11.6 Å². The molecule has 0 bridgehead atoms. The molecular weight excluding hydrogens is 873 g/mol. The minimum atomic E-state index is -3.71. The van der Waals surface area contributed by atoms with Gasteiger partial charge in [-0.1, -0.05) is 91.0 Å². The second-order valence-corrected chi connectivity index (χ2v) is 20.2. The van der Waals surface area contributed by atoms with E-state index in [-0.39, 0.29) is 80.1 Å². The van der Waals surface area contributed by atoms with Crippen molar-refractivity contribution < 1.29 is 42.4 Å². The van der Waals surface area contributed by atoms with Crippen molar-refractivity contribution in [1.29, 1.82) is 0 Å². The Morgan fingerprint density at radius 2 is 1.52 bits per heavy atom. The number of hydrogen-bond acceptors (Lipinski definition) is 12. The van der Waals surface area contributed by atoms with Gasteiger partial charge in [-0.15, -0.1) is 0 Å². The summed E-state index contributed by atoms with van der Waals surface area (Å²) >= 11 is 6.25. The maximum Gasteiger partial charge on any atom is 0.410 e. The number of nitrogens with zero attached hydrogens (tertiary/aromatic N) is 6. The van der Waals surface area contributed by atoms with Crippen molar-refractivity contribution in [3.63, 3.8) is 0 Å². The zero-order valence-corrected chi connectivity index (χ0v) is 38.2. The highest BCUT2D eigenvalue weighted by Crippen LogP contribution is 2.54. The van der Waals surface area contributed by atoms with Crippen LogP contribution >= 0.6 is 18.1 Å². The lowest BCUT2D eigenvalue weighted by Gasteiger charge is -2.38. The maximum atomic E-state index is 14.1. The normalized spacial score (nSPS) is 17.0. The third-order valence-electron chi connectivity index (χ3n) is 10.9. The summed E-state index contributed by atoms with van der Waals surface area (Å²) in [7, 11) is 3.07. The van der Waals surface area contributed by atoms with Crippen LogP contribution < -0.4 is 14.8 Å². The Morgan fingerprint density at radius 3 is 2.18 bits per heavy atom. The van der Waals surface area contributed by atoms with Gasteiger partial charge in [0.2, 0.25) is 17.7 Å². The lowest BCUT2D eigenvalue weighted by Crippen LogP contribution is -2.50. The first kappa shape index (κ1) is 45.4. The summed E-state index contributed by atoms with van der Waals surface area (Å²) in [6.45, 7) is 1.53. The number of carbonyl (C=O) groups is 3. The molecule has 18 heteroatoms. The van der Waals surface area contributed by atoms with Gasteiger partial charge in [0.25, 0.3) is 0 Å². The summed E-state index contributed by atoms with van der Waals surface area (Å²) < 4.78 is 46.0. The molecule has 2 aromatic heterocycles. The van der Waals surface area contributed by atoms with E-state index in [1.807, 2.05) is 66.7 Å². The predicted molar refractivity (Wildman–Crippen MR) is 244 cm³/mol. The van der Waals surface area contributed by atoms with Crippen LogP contribution in [0.15, 0.2) is 109 Å². The molecule has 1 saturated heterocycles. The van der Waals surface area contributed by atoms with Crippen molar-refractivity contribution >= 4 is 53.2 Å². The molecule has 338 valence electrons. The van der Waals surface area contributed by atoms with E-state index < -0.39 is 30.7 Å². The van der Waals surface area contributed by atoms with Gasteiger partial charge >= 0.3 is 18.9 Å². The number of aromatic nitrogens is 4. The molecule has 3 heterocycles. The molecule has 16 nitrogen and oxygen atoms in total. The van der Waals surface area contributed by atoms with Gasteiger partial charge in [-0.25, -0.2) is 14.4 Å². The summed E-state index contributed by atoms with van der Waals surface area (Å²) in [6.07, 6.45) is -0.814. The molecule has 1 fully saturated rings. The van der Waals surface area contributed by atoms with Crippen molar-refractivity contribution in [2.75, 3.05) is 45.7 Å². The molecule has 2 aliphatic rings. The fraction of sp³-hybridized carbons (Fsp3) is 0.319. The van der Waals surface area contributed by atoms with Crippen LogP contribution in [0.25, 0.3) is 22.3 Å². The van der Waals surface area contributed by atoms with Gasteiger partial charge in [-0.3, -0.25) is 24.0 Å². The van der Waals surface area contributed by atoms with Crippen LogP contribution in [0.1, 0.15) is 55.2 Å². The van der Waals surface area contributed by atoms with E-state index in [9.17, 15) is 18.9 Å². The molecular formula is C47H49ClN7O9P. The number of amides is 2. The number of benzene rings is 4. The summed E-state index contributed by atoms with van der Waals surface area (Å²) in [5.41, 5.74) is 5.66. The Morgan fingerprint density at radius 1 is 0.862 bits per heavy atom. The SMILES string of the molecule is CN(C)P(=O)(Cl)OC[C@@H]1CN(C(=O)OCC2c3ccccc3-c3ccccc32)C[C@H](n2cnc3c(OCc4ccc(OC(=O)C(C)(C)C)cc4)nc(NC(=O)Cc4ccccc4)nc32)O1. The van der Waals surface area contributed by atoms with Crippen molar-refractivity contribution in [1.82, 2.24) is 29.1 Å². The predicted octanol–water partition coefficient (Wildman–Crippen LogP) is 8.61. The number of nitrogens with one attached hydrogen (secondary N) is 1. The Kier molecular flexibility index (Phi) is 13.4. The minimum absolute atomic E-state index is 0.00706. The van der Waals surface area contributed by atoms with Gasteiger partial charge < -0.3 is 28.4 Å². The van der Waals surface area contributed by atoms with Crippen molar-refractivity contribution in [3.8, 4) is 22.8 Å². The fourth-order valence-corrected chi connectivity index (χ4v) is 8.21. The largest absolute Gasteiger partial charge is 0.471 e. The number of anilines is 1. The Bertz CT molecular complexity index is 2700. The quantitative estimate of drug-likeness (QED) is 0.0625. The molecule has 0 radical (unpaired) electrons. The van der Waals surface area contributed by atoms with Crippen LogP contribution in [0.4, 0.5) is 10.7 Å². The number of hydrogen-bond donors (Lipinski definition) is 1. The number of halogens is 1. The van der Waals surface area contributed by atoms with E-state index in [0.29, 0.717) is 5.75 Å². The van der Waals surface area contributed by atoms with Crippen molar-refractivity contribution in [2.45, 2.75) is 52.0 Å². The Hall–Kier alpha value is -6.16. The van der Waals surface area contributed by atoms with E-state index in [1.54, 1.807) is 49.6 Å². The molecule has 6 aromatic rings. The first-order chi connectivity index (χ1) is 31.1. The zero-order valence-electron chi connectivity index (χ0n) is 36.5. The summed E-state index contributed by atoms with van der Waals surface area (Å²) in [4.78, 5) is 55.3. The van der Waals surface area contributed by atoms with E-state index in [4.69, 9.17) is 39.7 Å². The Balaban J connectivity index is 1.07. The fourth-order valence-electron chi connectivity index (χ4n) is 7.46. The molecule has 2 amide bonds. The van der Waals surface area contributed by atoms with E-state index >= 15 is 0 Å². The molecule has 65 heavy (non-hydrogen) atoms. The highest BCUT2D eigenvalue weighted by atomic mass is 35.7. The lowest BCUT2D eigenvalue weighted by atomic mass is 9.97. The average molecular weight is 922 g/mol. The molecule has 1 aliphatic carbocycles. The van der Waals surface area contributed by atoms with Crippen LogP contribution in [0.2, 0.25) is 0 Å². The second kappa shape index (κ2) is 19.1. The molecule has 3 atom stereocenters. The second-order valence-electron chi connectivity index (χ2n) is 17.0. The van der Waals surface area contributed by atoms with E-state index in [0.717, 1.165) is 33.4 Å². The van der Waals surface area contributed by atoms with Crippen LogP contribution in [-0.2, 0) is 41.2 Å². The number of rotatable bonds is 14. The third kappa shape index (κ3) is 10.5. The summed E-state index contributed by atoms with van der Waals surface area (Å²) in [5, 5.41) is 2.79. The molecule has 1 aliphatic heterocycles. The van der Waals surface area contributed by atoms with Gasteiger partial charge in [0.15, 0.2) is 17.4 Å². The molecule has 1 N–H and O–H groups in total. The average Bonchev–Trinajstić information content (AvgIpc) is 3.86. The first-order valence-electron chi connectivity index (χ1n) is 21.0. The van der Waals surface area contributed by atoms with E-state index in [1.165, 1.54) is 30.0 Å². The summed E-state index contributed by atoms with van der Waals surface area (Å²) in [5.74, 6) is -0.511. The number of imidazole rings is 1. The number of morpholine rings is 1. The van der Waals surface area contributed by atoms with Gasteiger partial charge in [0, 0.05) is 5.92 Å². The van der Waals surface area contributed by atoms with Crippen LogP contribution in [0.3, 0.4) is 0 Å². The van der Waals surface area contributed by atoms with Crippen LogP contribution in [-0.4, -0.2) is 93.6 Å². The highest BCUT2D eigenvalue weighted by Gasteiger charge is 2.37. The smallest absolute Gasteiger partial charge is 0.410 e. The summed E-state index contributed by atoms with van der Waals surface area (Å²) in [6, 6.07) is 32.3.